The fraction of sp³-hybridized carbons (Fsp3) is 0.0625. The molecule has 0 aliphatic heterocycles. The predicted molar refractivity (Wildman–Crippen MR) is 92.5 cm³/mol. The fourth-order valence-corrected chi connectivity index (χ4v) is 2.55. The lowest BCUT2D eigenvalue weighted by atomic mass is 10.2. The maximum absolute atomic E-state index is 11.8. The number of nitrogens with one attached hydrogen (secondary N) is 2. The first-order valence-electron chi connectivity index (χ1n) is 6.93. The van der Waals surface area contributed by atoms with Crippen LogP contribution in [0.2, 0.25) is 10.0 Å². The van der Waals surface area contributed by atoms with E-state index in [4.69, 9.17) is 27.6 Å². The fourth-order valence-electron chi connectivity index (χ4n) is 2.02. The van der Waals surface area contributed by atoms with Crippen molar-refractivity contribution in [2.45, 2.75) is 6.92 Å². The zero-order valence-corrected chi connectivity index (χ0v) is 14.0. The number of nitrogens with zero attached hydrogens (tertiary/aromatic N) is 2. The Bertz CT molecular complexity index is 894. The van der Waals surface area contributed by atoms with Crippen molar-refractivity contribution in [2.24, 2.45) is 5.10 Å². The molecule has 122 valence electrons. The third kappa shape index (κ3) is 3.84. The van der Waals surface area contributed by atoms with Crippen molar-refractivity contribution in [3.63, 3.8) is 0 Å². The van der Waals surface area contributed by atoms with E-state index in [0.29, 0.717) is 21.6 Å². The molecule has 0 radical (unpaired) electrons. The van der Waals surface area contributed by atoms with E-state index in [-0.39, 0.29) is 5.69 Å². The van der Waals surface area contributed by atoms with Crippen molar-refractivity contribution in [1.82, 2.24) is 15.6 Å². The second-order valence-electron chi connectivity index (χ2n) is 5.00. The zero-order valence-electron chi connectivity index (χ0n) is 12.5. The number of furan rings is 1. The van der Waals surface area contributed by atoms with Gasteiger partial charge in [-0.25, -0.2) is 5.43 Å². The van der Waals surface area contributed by atoms with E-state index in [1.165, 1.54) is 6.21 Å². The summed E-state index contributed by atoms with van der Waals surface area (Å²) in [5.74, 6) is 0.652. The van der Waals surface area contributed by atoms with Crippen LogP contribution in [0.3, 0.4) is 0 Å². The Hall–Kier alpha value is -2.57. The van der Waals surface area contributed by atoms with Gasteiger partial charge in [-0.2, -0.15) is 10.2 Å². The first kappa shape index (κ1) is 16.3. The van der Waals surface area contributed by atoms with Crippen LogP contribution in [-0.4, -0.2) is 22.3 Å². The first-order chi connectivity index (χ1) is 11.5. The van der Waals surface area contributed by atoms with Crippen molar-refractivity contribution in [3.8, 4) is 11.3 Å². The molecular formula is C16H12Cl2N4O2. The van der Waals surface area contributed by atoms with Crippen molar-refractivity contribution >= 4 is 35.3 Å². The molecule has 0 aliphatic rings. The lowest BCUT2D eigenvalue weighted by Gasteiger charge is -1.99. The van der Waals surface area contributed by atoms with Gasteiger partial charge in [0.15, 0.2) is 5.69 Å². The normalized spacial score (nSPS) is 11.1. The molecule has 24 heavy (non-hydrogen) atoms. The summed E-state index contributed by atoms with van der Waals surface area (Å²) in [6.07, 6.45) is 1.40. The number of aryl methyl sites for hydroxylation is 1. The van der Waals surface area contributed by atoms with Crippen LogP contribution in [0.5, 0.6) is 0 Å². The van der Waals surface area contributed by atoms with E-state index < -0.39 is 5.91 Å². The third-order valence-electron chi connectivity index (χ3n) is 3.07. The largest absolute Gasteiger partial charge is 0.455 e. The van der Waals surface area contributed by atoms with Gasteiger partial charge in [-0.15, -0.1) is 0 Å². The van der Waals surface area contributed by atoms with Crippen LogP contribution in [0.4, 0.5) is 0 Å². The molecule has 3 aromatic rings. The second kappa shape index (κ2) is 6.90. The topological polar surface area (TPSA) is 83.3 Å². The van der Waals surface area contributed by atoms with Gasteiger partial charge >= 0.3 is 0 Å². The second-order valence-corrected chi connectivity index (χ2v) is 5.87. The number of aromatic amines is 1. The molecule has 1 aromatic carbocycles. The third-order valence-corrected chi connectivity index (χ3v) is 3.51. The molecule has 3 rings (SSSR count). The van der Waals surface area contributed by atoms with Crippen LogP contribution in [0.1, 0.15) is 21.9 Å². The maximum atomic E-state index is 11.8. The molecule has 0 saturated carbocycles. The highest BCUT2D eigenvalue weighted by Gasteiger charge is 2.08. The van der Waals surface area contributed by atoms with Crippen LogP contribution >= 0.6 is 23.2 Å². The summed E-state index contributed by atoms with van der Waals surface area (Å²) in [5, 5.41) is 11.4. The molecule has 6 nitrogen and oxygen atoms in total. The number of benzene rings is 1. The van der Waals surface area contributed by atoms with E-state index in [2.05, 4.69) is 20.7 Å². The molecule has 2 N–H and O–H groups in total. The van der Waals surface area contributed by atoms with Crippen molar-refractivity contribution in [1.29, 1.82) is 0 Å². The van der Waals surface area contributed by atoms with Gasteiger partial charge in [0.25, 0.3) is 5.91 Å². The number of hydrazone groups is 1. The lowest BCUT2D eigenvalue weighted by Crippen LogP contribution is -2.17. The van der Waals surface area contributed by atoms with Gasteiger partial charge in [0.05, 0.1) is 6.21 Å². The average molecular weight is 363 g/mol. The Morgan fingerprint density at radius 1 is 1.25 bits per heavy atom. The summed E-state index contributed by atoms with van der Waals surface area (Å²) in [5.41, 5.74) is 4.18. The van der Waals surface area contributed by atoms with Gasteiger partial charge in [-0.1, -0.05) is 23.2 Å². The van der Waals surface area contributed by atoms with Gasteiger partial charge in [-0.05, 0) is 43.3 Å². The Labute approximate surface area is 147 Å². The molecule has 0 atom stereocenters. The Morgan fingerprint density at radius 2 is 2.00 bits per heavy atom. The summed E-state index contributed by atoms with van der Waals surface area (Å²) in [6.45, 7) is 1.81. The number of amides is 1. The number of hydrogen-bond acceptors (Lipinski definition) is 4. The molecule has 0 spiro atoms. The first-order valence-corrected chi connectivity index (χ1v) is 7.68. The van der Waals surface area contributed by atoms with E-state index in [1.807, 2.05) is 0 Å². The predicted octanol–water partition coefficient (Wildman–Crippen LogP) is 4.05. The number of rotatable bonds is 4. The van der Waals surface area contributed by atoms with Crippen LogP contribution in [0, 0.1) is 6.92 Å². The highest BCUT2D eigenvalue weighted by atomic mass is 35.5. The molecular weight excluding hydrogens is 351 g/mol. The minimum atomic E-state index is -0.413. The van der Waals surface area contributed by atoms with Gasteiger partial charge in [0.2, 0.25) is 0 Å². The molecule has 8 heteroatoms. The van der Waals surface area contributed by atoms with Gasteiger partial charge in [0.1, 0.15) is 11.5 Å². The SMILES string of the molecule is Cc1cc(C(=O)N/N=C/c2ccc(-c3cc(Cl)cc(Cl)c3)o2)n[nH]1. The van der Waals surface area contributed by atoms with Crippen molar-refractivity contribution in [3.05, 3.63) is 63.6 Å². The van der Waals surface area contributed by atoms with E-state index in [0.717, 1.165) is 11.3 Å². The molecule has 0 unspecified atom stereocenters. The van der Waals surface area contributed by atoms with E-state index in [9.17, 15) is 4.79 Å². The molecule has 2 aromatic heterocycles. The van der Waals surface area contributed by atoms with E-state index in [1.54, 1.807) is 43.3 Å². The smallest absolute Gasteiger partial charge is 0.291 e. The Kier molecular flexibility index (Phi) is 4.69. The van der Waals surface area contributed by atoms with Gasteiger partial charge in [-0.3, -0.25) is 9.89 Å². The summed E-state index contributed by atoms with van der Waals surface area (Å²) in [6, 6.07) is 10.2. The van der Waals surface area contributed by atoms with Gasteiger partial charge in [0, 0.05) is 21.3 Å². The standard InChI is InChI=1S/C16H12Cl2N4O2/c1-9-4-14(21-20-9)16(23)22-19-8-13-2-3-15(24-13)10-5-11(17)7-12(18)6-10/h2-8H,1H3,(H,20,21)(H,22,23)/b19-8+. The molecule has 2 heterocycles. The number of hydrogen-bond donors (Lipinski definition) is 2. The summed E-state index contributed by atoms with van der Waals surface area (Å²) >= 11 is 12.0. The number of H-pyrrole nitrogens is 1. The highest BCUT2D eigenvalue weighted by molar-refractivity contribution is 6.35. The lowest BCUT2D eigenvalue weighted by molar-refractivity contribution is 0.0950. The molecule has 0 aliphatic carbocycles. The van der Waals surface area contributed by atoms with Crippen LogP contribution in [-0.2, 0) is 0 Å². The molecule has 0 bridgehead atoms. The summed E-state index contributed by atoms with van der Waals surface area (Å²) < 4.78 is 5.63. The summed E-state index contributed by atoms with van der Waals surface area (Å²) in [4.78, 5) is 11.8. The van der Waals surface area contributed by atoms with Crippen molar-refractivity contribution in [2.75, 3.05) is 0 Å². The number of carbonyl (C=O) groups is 1. The van der Waals surface area contributed by atoms with Gasteiger partial charge < -0.3 is 4.42 Å². The number of carbonyl (C=O) groups excluding carboxylic acids is 1. The quantitative estimate of drug-likeness (QED) is 0.542. The molecule has 0 saturated heterocycles. The molecule has 0 fully saturated rings. The van der Waals surface area contributed by atoms with Crippen LogP contribution in [0.15, 0.2) is 45.9 Å². The zero-order chi connectivity index (χ0) is 17.1. The Balaban J connectivity index is 1.68. The maximum Gasteiger partial charge on any atom is 0.291 e. The number of aromatic nitrogens is 2. The van der Waals surface area contributed by atoms with Crippen molar-refractivity contribution < 1.29 is 9.21 Å². The minimum absolute atomic E-state index is 0.262. The van der Waals surface area contributed by atoms with Crippen LogP contribution in [0.25, 0.3) is 11.3 Å². The Morgan fingerprint density at radius 3 is 2.67 bits per heavy atom. The van der Waals surface area contributed by atoms with E-state index >= 15 is 0 Å². The average Bonchev–Trinajstić information content (AvgIpc) is 3.15. The highest BCUT2D eigenvalue weighted by Crippen LogP contribution is 2.28. The van der Waals surface area contributed by atoms with Crippen LogP contribution < -0.4 is 5.43 Å². The number of halogens is 2. The minimum Gasteiger partial charge on any atom is -0.455 e. The molecule has 1 amide bonds. The monoisotopic (exact) mass is 362 g/mol. The summed E-state index contributed by atoms with van der Waals surface area (Å²) in [7, 11) is 0.